The Morgan fingerprint density at radius 3 is 2.46 bits per heavy atom. The first kappa shape index (κ1) is 26.5. The molecule has 0 saturated carbocycles. The van der Waals surface area contributed by atoms with Gasteiger partial charge in [-0.3, -0.25) is 9.80 Å². The van der Waals surface area contributed by atoms with Gasteiger partial charge in [-0.1, -0.05) is 31.2 Å². The molecule has 2 fully saturated rings. The second-order valence-electron chi connectivity index (χ2n) is 11.9. The molecule has 5 heteroatoms. The van der Waals surface area contributed by atoms with Crippen LogP contribution in [-0.4, -0.2) is 59.8 Å². The third kappa shape index (κ3) is 5.76. The topological polar surface area (TPSA) is 45.2 Å². The molecular weight excluding hydrogens is 484 g/mol. The Bertz CT molecular complexity index is 1170. The molecular formula is C34H44N2O3. The van der Waals surface area contributed by atoms with E-state index in [2.05, 4.69) is 65.3 Å². The van der Waals surface area contributed by atoms with Crippen molar-refractivity contribution in [2.45, 2.75) is 76.5 Å². The minimum Gasteiger partial charge on any atom is -0.508 e. The van der Waals surface area contributed by atoms with Crippen molar-refractivity contribution in [3.05, 3.63) is 83.1 Å². The van der Waals surface area contributed by atoms with Crippen molar-refractivity contribution in [3.8, 4) is 11.5 Å². The molecule has 2 aromatic rings. The van der Waals surface area contributed by atoms with Gasteiger partial charge in [0.25, 0.3) is 0 Å². The molecule has 6 rings (SSSR count). The maximum absolute atomic E-state index is 9.92. The normalized spacial score (nSPS) is 28.0. The number of methoxy groups -OCH3 is 1. The molecule has 5 nitrogen and oxygen atoms in total. The number of likely N-dealkylation sites (N-methyl/N-ethyl adjacent to an activating group) is 1. The number of rotatable bonds is 10. The summed E-state index contributed by atoms with van der Waals surface area (Å²) in [5.41, 5.74) is 4.00. The van der Waals surface area contributed by atoms with Crippen LogP contribution >= 0.6 is 0 Å². The van der Waals surface area contributed by atoms with Crippen LogP contribution in [0, 0.1) is 11.8 Å². The maximum Gasteiger partial charge on any atom is 0.119 e. The fourth-order valence-corrected chi connectivity index (χ4v) is 7.68. The molecule has 3 atom stereocenters. The lowest BCUT2D eigenvalue weighted by molar-refractivity contribution is 0.147. The Hall–Kier alpha value is -2.76. The third-order valence-electron chi connectivity index (χ3n) is 9.81. The van der Waals surface area contributed by atoms with Crippen LogP contribution in [0.2, 0.25) is 0 Å². The van der Waals surface area contributed by atoms with E-state index in [1.165, 1.54) is 42.4 Å². The predicted molar refractivity (Wildman–Crippen MR) is 156 cm³/mol. The van der Waals surface area contributed by atoms with Gasteiger partial charge in [-0.2, -0.15) is 0 Å². The molecule has 2 saturated heterocycles. The largest absolute Gasteiger partial charge is 0.508 e. The minimum atomic E-state index is 0.283. The van der Waals surface area contributed by atoms with Crippen molar-refractivity contribution in [1.82, 2.24) is 9.80 Å². The first-order chi connectivity index (χ1) is 19.1. The monoisotopic (exact) mass is 528 g/mol. The Kier molecular flexibility index (Phi) is 7.99. The standard InChI is InChI=1S/C34H44N2O3/c1-3-35(23-24-4-14-31(15-5-24)39-19-18-36-28-9-10-29(36)12-11-28)34-22-32(38-2)16-17-33(34)27-7-6-26-21-30(37)13-8-25(26)20-27/h4-5,8,13-17,21-22,27-29,33-34,37H,3,6-7,9-12,18-20,23H2,1-2H3/t27-,28?,29?,33?,34?/m1/s1. The summed E-state index contributed by atoms with van der Waals surface area (Å²) in [7, 11) is 1.76. The van der Waals surface area contributed by atoms with Crippen LogP contribution in [0.3, 0.4) is 0 Å². The third-order valence-corrected chi connectivity index (χ3v) is 9.81. The van der Waals surface area contributed by atoms with E-state index in [0.29, 0.717) is 17.6 Å². The molecule has 2 unspecified atom stereocenters. The smallest absolute Gasteiger partial charge is 0.119 e. The van der Waals surface area contributed by atoms with E-state index in [-0.39, 0.29) is 6.04 Å². The van der Waals surface area contributed by atoms with Crippen LogP contribution in [0.5, 0.6) is 11.5 Å². The summed E-state index contributed by atoms with van der Waals surface area (Å²) < 4.78 is 11.8. The number of aryl methyl sites for hydroxylation is 1. The van der Waals surface area contributed by atoms with E-state index in [1.54, 1.807) is 7.11 Å². The summed E-state index contributed by atoms with van der Waals surface area (Å²) >= 11 is 0. The van der Waals surface area contributed by atoms with E-state index in [4.69, 9.17) is 9.47 Å². The summed E-state index contributed by atoms with van der Waals surface area (Å²) in [5.74, 6) is 3.29. The zero-order chi connectivity index (χ0) is 26.8. The average molecular weight is 529 g/mol. The number of phenols is 1. The Morgan fingerprint density at radius 2 is 1.74 bits per heavy atom. The summed E-state index contributed by atoms with van der Waals surface area (Å²) in [6.07, 6.45) is 15.6. The Balaban J connectivity index is 1.10. The lowest BCUT2D eigenvalue weighted by atomic mass is 9.72. The average Bonchev–Trinajstić information content (AvgIpc) is 3.55. The molecule has 4 aliphatic rings. The van der Waals surface area contributed by atoms with Crippen molar-refractivity contribution in [2.75, 3.05) is 26.8 Å². The number of aromatic hydroxyl groups is 1. The fraction of sp³-hybridized carbons (Fsp3) is 0.529. The number of benzene rings is 2. The SMILES string of the molecule is CCN(Cc1ccc(OCCN2C3CCC2CC3)cc1)C1C=C(OC)C=CC1[C@@H]1CCc2cc(O)ccc2C1. The van der Waals surface area contributed by atoms with E-state index in [0.717, 1.165) is 69.1 Å². The van der Waals surface area contributed by atoms with Crippen molar-refractivity contribution >= 4 is 0 Å². The van der Waals surface area contributed by atoms with Crippen molar-refractivity contribution in [3.63, 3.8) is 0 Å². The highest BCUT2D eigenvalue weighted by Gasteiger charge is 2.38. The van der Waals surface area contributed by atoms with E-state index in [1.807, 2.05) is 12.1 Å². The van der Waals surface area contributed by atoms with Gasteiger partial charge in [-0.25, -0.2) is 0 Å². The van der Waals surface area contributed by atoms with Crippen molar-refractivity contribution in [1.29, 1.82) is 0 Å². The zero-order valence-corrected chi connectivity index (χ0v) is 23.6. The van der Waals surface area contributed by atoms with Crippen LogP contribution < -0.4 is 4.74 Å². The van der Waals surface area contributed by atoms with Crippen molar-refractivity contribution < 1.29 is 14.6 Å². The number of fused-ring (bicyclic) bond motifs is 3. The second kappa shape index (κ2) is 11.8. The summed E-state index contributed by atoms with van der Waals surface area (Å²) in [5, 5.41) is 9.92. The molecule has 0 radical (unpaired) electrons. The van der Waals surface area contributed by atoms with Gasteiger partial charge in [-0.05, 0) is 116 Å². The molecule has 1 N–H and O–H groups in total. The van der Waals surface area contributed by atoms with Gasteiger partial charge in [0.1, 0.15) is 23.9 Å². The highest BCUT2D eigenvalue weighted by atomic mass is 16.5. The van der Waals surface area contributed by atoms with Crippen LogP contribution in [0.1, 0.15) is 55.7 Å². The van der Waals surface area contributed by atoms with Crippen LogP contribution in [0.25, 0.3) is 0 Å². The van der Waals surface area contributed by atoms with Crippen molar-refractivity contribution in [2.24, 2.45) is 11.8 Å². The highest BCUT2D eigenvalue weighted by molar-refractivity contribution is 5.37. The van der Waals surface area contributed by atoms with E-state index in [9.17, 15) is 5.11 Å². The number of allylic oxidation sites excluding steroid dienone is 1. The number of nitrogens with zero attached hydrogens (tertiary/aromatic N) is 2. The van der Waals surface area contributed by atoms with Gasteiger partial charge < -0.3 is 14.6 Å². The number of hydrogen-bond donors (Lipinski definition) is 1. The highest BCUT2D eigenvalue weighted by Crippen LogP contribution is 2.39. The molecule has 2 bridgehead atoms. The summed E-state index contributed by atoms with van der Waals surface area (Å²) in [6.45, 7) is 5.96. The molecule has 2 aromatic carbocycles. The quantitative estimate of drug-likeness (QED) is 0.403. The van der Waals surface area contributed by atoms with E-state index < -0.39 is 0 Å². The van der Waals surface area contributed by atoms with Gasteiger partial charge in [0.2, 0.25) is 0 Å². The number of ether oxygens (including phenoxy) is 2. The van der Waals surface area contributed by atoms with Crippen LogP contribution in [0.4, 0.5) is 0 Å². The first-order valence-electron chi connectivity index (χ1n) is 15.1. The van der Waals surface area contributed by atoms with Gasteiger partial charge in [0.15, 0.2) is 0 Å². The van der Waals surface area contributed by atoms with Gasteiger partial charge in [0.05, 0.1) is 7.11 Å². The number of hydrogen-bond acceptors (Lipinski definition) is 5. The fourth-order valence-electron chi connectivity index (χ4n) is 7.68. The zero-order valence-electron chi connectivity index (χ0n) is 23.6. The molecule has 0 amide bonds. The summed E-state index contributed by atoms with van der Waals surface area (Å²) in [4.78, 5) is 5.26. The van der Waals surface area contributed by atoms with Gasteiger partial charge in [-0.15, -0.1) is 0 Å². The molecule has 2 aliphatic heterocycles. The predicted octanol–water partition coefficient (Wildman–Crippen LogP) is 6.11. The molecule has 0 aromatic heterocycles. The molecule has 2 aliphatic carbocycles. The van der Waals surface area contributed by atoms with Gasteiger partial charge in [0, 0.05) is 31.2 Å². The van der Waals surface area contributed by atoms with Crippen LogP contribution in [-0.2, 0) is 24.1 Å². The lowest BCUT2D eigenvalue weighted by Crippen LogP contribution is -2.43. The molecule has 2 heterocycles. The second-order valence-corrected chi connectivity index (χ2v) is 11.9. The molecule has 208 valence electrons. The van der Waals surface area contributed by atoms with Crippen LogP contribution in [0.15, 0.2) is 66.5 Å². The Morgan fingerprint density at radius 1 is 0.974 bits per heavy atom. The Labute approximate surface area is 234 Å². The lowest BCUT2D eigenvalue weighted by Gasteiger charge is -2.41. The minimum absolute atomic E-state index is 0.283. The molecule has 0 spiro atoms. The van der Waals surface area contributed by atoms with E-state index >= 15 is 0 Å². The molecule has 39 heavy (non-hydrogen) atoms. The maximum atomic E-state index is 9.92. The summed E-state index contributed by atoms with van der Waals surface area (Å²) in [6, 6.07) is 16.5. The first-order valence-corrected chi connectivity index (χ1v) is 15.1. The number of phenolic OH excluding ortho intramolecular Hbond substituents is 1. The van der Waals surface area contributed by atoms with Gasteiger partial charge >= 0.3 is 0 Å².